The van der Waals surface area contributed by atoms with Crippen LogP contribution in [0.2, 0.25) is 0 Å². The minimum atomic E-state index is -0.885. The Bertz CT molecular complexity index is 944. The number of anilines is 1. The van der Waals surface area contributed by atoms with Crippen LogP contribution in [0.1, 0.15) is 18.4 Å². The molecule has 3 aromatic carbocycles. The lowest BCUT2D eigenvalue weighted by molar-refractivity contribution is -0.137. The number of benzene rings is 3. The van der Waals surface area contributed by atoms with Crippen LogP contribution in [-0.4, -0.2) is 23.1 Å². The Balaban J connectivity index is 1.56. The summed E-state index contributed by atoms with van der Waals surface area (Å²) >= 11 is 0. The van der Waals surface area contributed by atoms with Crippen LogP contribution in [0.4, 0.5) is 10.5 Å². The second-order valence-corrected chi connectivity index (χ2v) is 6.86. The Kier molecular flexibility index (Phi) is 7.44. The molecule has 0 fully saturated rings. The summed E-state index contributed by atoms with van der Waals surface area (Å²) in [7, 11) is 0. The van der Waals surface area contributed by atoms with E-state index in [1.54, 1.807) is 24.3 Å². The summed E-state index contributed by atoms with van der Waals surface area (Å²) in [6.07, 6.45) is 0.899. The van der Waals surface area contributed by atoms with E-state index < -0.39 is 5.97 Å². The Hall–Kier alpha value is -3.80. The summed E-state index contributed by atoms with van der Waals surface area (Å²) in [5.74, 6) is 0.512. The molecule has 154 valence electrons. The number of urea groups is 1. The van der Waals surface area contributed by atoms with Crippen molar-refractivity contribution in [3.05, 3.63) is 90.5 Å². The number of para-hydroxylation sites is 1. The van der Waals surface area contributed by atoms with Crippen molar-refractivity contribution in [1.29, 1.82) is 0 Å². The molecule has 0 aliphatic heterocycles. The number of hydrogen-bond donors (Lipinski definition) is 3. The molecule has 3 rings (SSSR count). The van der Waals surface area contributed by atoms with Gasteiger partial charge in [-0.25, -0.2) is 4.79 Å². The first kappa shape index (κ1) is 20.9. The van der Waals surface area contributed by atoms with Gasteiger partial charge in [0, 0.05) is 18.2 Å². The van der Waals surface area contributed by atoms with Crippen LogP contribution in [-0.2, 0) is 11.2 Å². The van der Waals surface area contributed by atoms with Crippen LogP contribution in [0.15, 0.2) is 84.9 Å². The highest BCUT2D eigenvalue weighted by Crippen LogP contribution is 2.22. The molecule has 0 radical (unpaired) electrons. The quantitative estimate of drug-likeness (QED) is 0.464. The standard InChI is InChI=1S/C24H24N2O4/c27-23(28)16-13-20(17-18-7-3-1-4-8-18)26-24(29)25-19-11-14-22(15-12-19)30-21-9-5-2-6-10-21/h1-12,14-15,20H,13,16-17H2,(H,27,28)(H2,25,26,29). The van der Waals surface area contributed by atoms with E-state index in [4.69, 9.17) is 9.84 Å². The molecule has 1 atom stereocenters. The van der Waals surface area contributed by atoms with E-state index in [0.29, 0.717) is 24.3 Å². The molecule has 0 aliphatic rings. The van der Waals surface area contributed by atoms with E-state index in [1.165, 1.54) is 0 Å². The number of carbonyl (C=O) groups excluding carboxylic acids is 1. The lowest BCUT2D eigenvalue weighted by Crippen LogP contribution is -2.39. The van der Waals surface area contributed by atoms with Crippen LogP contribution in [0.25, 0.3) is 0 Å². The molecular formula is C24H24N2O4. The number of rotatable bonds is 9. The summed E-state index contributed by atoms with van der Waals surface area (Å²) in [5.41, 5.74) is 1.65. The number of aliphatic carboxylic acids is 1. The topological polar surface area (TPSA) is 87.7 Å². The molecule has 0 aromatic heterocycles. The number of nitrogens with one attached hydrogen (secondary N) is 2. The van der Waals surface area contributed by atoms with E-state index in [2.05, 4.69) is 10.6 Å². The van der Waals surface area contributed by atoms with Gasteiger partial charge in [-0.1, -0.05) is 48.5 Å². The van der Waals surface area contributed by atoms with Gasteiger partial charge in [-0.2, -0.15) is 0 Å². The molecule has 30 heavy (non-hydrogen) atoms. The van der Waals surface area contributed by atoms with Crippen LogP contribution in [0.5, 0.6) is 11.5 Å². The largest absolute Gasteiger partial charge is 0.481 e. The first-order chi connectivity index (χ1) is 14.6. The van der Waals surface area contributed by atoms with Crippen molar-refractivity contribution in [3.8, 4) is 11.5 Å². The van der Waals surface area contributed by atoms with Crippen LogP contribution in [0.3, 0.4) is 0 Å². The highest BCUT2D eigenvalue weighted by atomic mass is 16.5. The van der Waals surface area contributed by atoms with E-state index in [9.17, 15) is 9.59 Å². The Morgan fingerprint density at radius 2 is 1.43 bits per heavy atom. The number of hydrogen-bond acceptors (Lipinski definition) is 3. The van der Waals surface area contributed by atoms with Crippen molar-refractivity contribution in [1.82, 2.24) is 5.32 Å². The van der Waals surface area contributed by atoms with E-state index in [0.717, 1.165) is 11.3 Å². The summed E-state index contributed by atoms with van der Waals surface area (Å²) in [6, 6.07) is 25.5. The lowest BCUT2D eigenvalue weighted by atomic mass is 10.0. The molecule has 0 heterocycles. The van der Waals surface area contributed by atoms with Gasteiger partial charge < -0.3 is 20.5 Å². The summed E-state index contributed by atoms with van der Waals surface area (Å²) < 4.78 is 5.74. The van der Waals surface area contributed by atoms with Crippen LogP contribution < -0.4 is 15.4 Å². The molecule has 0 bridgehead atoms. The molecule has 6 nitrogen and oxygen atoms in total. The predicted molar refractivity (Wildman–Crippen MR) is 116 cm³/mol. The zero-order chi connectivity index (χ0) is 21.2. The molecule has 0 spiro atoms. The second kappa shape index (κ2) is 10.7. The molecule has 3 aromatic rings. The van der Waals surface area contributed by atoms with Gasteiger partial charge in [0.25, 0.3) is 0 Å². The molecule has 1 unspecified atom stereocenters. The third kappa shape index (κ3) is 6.98. The zero-order valence-corrected chi connectivity index (χ0v) is 16.5. The second-order valence-electron chi connectivity index (χ2n) is 6.86. The highest BCUT2D eigenvalue weighted by molar-refractivity contribution is 5.89. The van der Waals surface area contributed by atoms with Crippen LogP contribution in [0, 0.1) is 0 Å². The molecular weight excluding hydrogens is 380 g/mol. The van der Waals surface area contributed by atoms with Crippen LogP contribution >= 0.6 is 0 Å². The molecule has 3 N–H and O–H groups in total. The molecule has 0 saturated heterocycles. The fourth-order valence-electron chi connectivity index (χ4n) is 3.01. The average molecular weight is 404 g/mol. The van der Waals surface area contributed by atoms with E-state index in [-0.39, 0.29) is 18.5 Å². The maximum absolute atomic E-state index is 12.4. The van der Waals surface area contributed by atoms with Gasteiger partial charge in [0.2, 0.25) is 0 Å². The van der Waals surface area contributed by atoms with Gasteiger partial charge in [-0.3, -0.25) is 4.79 Å². The van der Waals surface area contributed by atoms with Crippen molar-refractivity contribution in [3.63, 3.8) is 0 Å². The third-order valence-corrected chi connectivity index (χ3v) is 4.46. The Morgan fingerprint density at radius 3 is 2.07 bits per heavy atom. The van der Waals surface area contributed by atoms with Crippen molar-refractivity contribution in [2.45, 2.75) is 25.3 Å². The van der Waals surface area contributed by atoms with E-state index in [1.807, 2.05) is 60.7 Å². The normalized spacial score (nSPS) is 11.3. The fourth-order valence-corrected chi connectivity index (χ4v) is 3.01. The summed E-state index contributed by atoms with van der Waals surface area (Å²) in [6.45, 7) is 0. The lowest BCUT2D eigenvalue weighted by Gasteiger charge is -2.19. The molecule has 0 saturated carbocycles. The van der Waals surface area contributed by atoms with Gasteiger partial charge >= 0.3 is 12.0 Å². The van der Waals surface area contributed by atoms with Gasteiger partial charge in [0.1, 0.15) is 11.5 Å². The number of carbonyl (C=O) groups is 2. The Morgan fingerprint density at radius 1 is 0.833 bits per heavy atom. The summed E-state index contributed by atoms with van der Waals surface area (Å²) in [4.78, 5) is 23.4. The first-order valence-corrected chi connectivity index (χ1v) is 9.75. The minimum absolute atomic E-state index is 0.0106. The highest BCUT2D eigenvalue weighted by Gasteiger charge is 2.15. The SMILES string of the molecule is O=C(O)CCC(Cc1ccccc1)NC(=O)Nc1ccc(Oc2ccccc2)cc1. The van der Waals surface area contributed by atoms with E-state index >= 15 is 0 Å². The van der Waals surface area contributed by atoms with Gasteiger partial charge in [0.05, 0.1) is 0 Å². The number of carboxylic acid groups (broad SMARTS) is 1. The zero-order valence-electron chi connectivity index (χ0n) is 16.5. The van der Waals surface area contributed by atoms with Crippen molar-refractivity contribution < 1.29 is 19.4 Å². The predicted octanol–water partition coefficient (Wildman–Crippen LogP) is 5.08. The van der Waals surface area contributed by atoms with Crippen molar-refractivity contribution in [2.24, 2.45) is 0 Å². The molecule has 0 aliphatic carbocycles. The first-order valence-electron chi connectivity index (χ1n) is 9.75. The third-order valence-electron chi connectivity index (χ3n) is 4.46. The maximum Gasteiger partial charge on any atom is 0.319 e. The number of amides is 2. The minimum Gasteiger partial charge on any atom is -0.481 e. The van der Waals surface area contributed by atoms with Gasteiger partial charge in [-0.05, 0) is 54.8 Å². The smallest absolute Gasteiger partial charge is 0.319 e. The van der Waals surface area contributed by atoms with Crippen molar-refractivity contribution in [2.75, 3.05) is 5.32 Å². The number of carboxylic acids is 1. The molecule has 2 amide bonds. The summed E-state index contributed by atoms with van der Waals surface area (Å²) in [5, 5.41) is 14.7. The Labute approximate surface area is 175 Å². The monoisotopic (exact) mass is 404 g/mol. The average Bonchev–Trinajstić information content (AvgIpc) is 2.75. The van der Waals surface area contributed by atoms with Gasteiger partial charge in [0.15, 0.2) is 0 Å². The van der Waals surface area contributed by atoms with Crippen molar-refractivity contribution >= 4 is 17.7 Å². The van der Waals surface area contributed by atoms with Gasteiger partial charge in [-0.15, -0.1) is 0 Å². The maximum atomic E-state index is 12.4. The molecule has 6 heteroatoms. The fraction of sp³-hybridized carbons (Fsp3) is 0.167. The number of ether oxygens (including phenoxy) is 1.